The van der Waals surface area contributed by atoms with Gasteiger partial charge in [-0.15, -0.1) is 0 Å². The first-order chi connectivity index (χ1) is 16.8. The molecule has 1 heterocycles. The van der Waals surface area contributed by atoms with Crippen molar-refractivity contribution in [1.29, 1.82) is 0 Å². The van der Waals surface area contributed by atoms with Gasteiger partial charge in [0.15, 0.2) is 0 Å². The van der Waals surface area contributed by atoms with E-state index >= 15 is 0 Å². The fourth-order valence-electron chi connectivity index (χ4n) is 4.64. The first kappa shape index (κ1) is 24.3. The second kappa shape index (κ2) is 10.6. The number of hydrogen-bond donors (Lipinski definition) is 1. The third kappa shape index (κ3) is 6.01. The van der Waals surface area contributed by atoms with Gasteiger partial charge in [0.05, 0.1) is 24.9 Å². The summed E-state index contributed by atoms with van der Waals surface area (Å²) >= 11 is 0. The van der Waals surface area contributed by atoms with Crippen molar-refractivity contribution in [2.45, 2.75) is 40.2 Å². The number of hydrogen-bond acceptors (Lipinski definition) is 3. The number of benzene rings is 3. The van der Waals surface area contributed by atoms with Crippen LogP contribution in [0, 0.1) is 20.8 Å². The molecule has 3 aromatic rings. The fourth-order valence-corrected chi connectivity index (χ4v) is 4.64. The average molecular weight is 472 g/mol. The van der Waals surface area contributed by atoms with Crippen LogP contribution in [0.5, 0.6) is 5.75 Å². The lowest BCUT2D eigenvalue weighted by molar-refractivity contribution is -0.115. The lowest BCUT2D eigenvalue weighted by Crippen LogP contribution is -2.49. The molecule has 0 spiro atoms. The summed E-state index contributed by atoms with van der Waals surface area (Å²) in [5, 5.41) is 3.04. The fraction of sp³-hybridized carbons (Fsp3) is 0.310. The standard InChI is InChI=1S/C29H33N3O3/c1-20-6-11-27(26(17-20)30-28(33)18-23-7-9-25(35-4)10-8-23)32-13-5-12-31(29(32)34)19-24-15-21(2)14-22(3)16-24/h6-11,14-17H,5,12-13,18-19H2,1-4H3,(H,30,33). The van der Waals surface area contributed by atoms with Gasteiger partial charge in [-0.1, -0.05) is 47.5 Å². The van der Waals surface area contributed by atoms with Crippen molar-refractivity contribution in [2.75, 3.05) is 30.4 Å². The highest BCUT2D eigenvalue weighted by Crippen LogP contribution is 2.31. The quantitative estimate of drug-likeness (QED) is 0.486. The maximum absolute atomic E-state index is 13.5. The Morgan fingerprint density at radius 2 is 1.60 bits per heavy atom. The van der Waals surface area contributed by atoms with Crippen molar-refractivity contribution in [3.63, 3.8) is 0 Å². The number of carbonyl (C=O) groups is 2. The maximum atomic E-state index is 13.5. The molecule has 35 heavy (non-hydrogen) atoms. The maximum Gasteiger partial charge on any atom is 0.324 e. The van der Waals surface area contributed by atoms with Crippen LogP contribution in [0.1, 0.15) is 34.2 Å². The minimum Gasteiger partial charge on any atom is -0.497 e. The number of amides is 3. The van der Waals surface area contributed by atoms with Gasteiger partial charge in [-0.2, -0.15) is 0 Å². The molecule has 0 unspecified atom stereocenters. The highest BCUT2D eigenvalue weighted by atomic mass is 16.5. The molecule has 1 saturated heterocycles. The number of nitrogens with one attached hydrogen (secondary N) is 1. The predicted molar refractivity (Wildman–Crippen MR) is 140 cm³/mol. The lowest BCUT2D eigenvalue weighted by atomic mass is 10.1. The molecule has 1 aliphatic heterocycles. The van der Waals surface area contributed by atoms with E-state index in [0.717, 1.165) is 34.5 Å². The van der Waals surface area contributed by atoms with Crippen LogP contribution in [0.25, 0.3) is 0 Å². The van der Waals surface area contributed by atoms with E-state index in [0.29, 0.717) is 25.3 Å². The number of ether oxygens (including phenoxy) is 1. The van der Waals surface area contributed by atoms with Crippen molar-refractivity contribution in [3.8, 4) is 5.75 Å². The summed E-state index contributed by atoms with van der Waals surface area (Å²) in [6.45, 7) is 8.04. The molecule has 4 rings (SSSR count). The van der Waals surface area contributed by atoms with E-state index in [2.05, 4.69) is 37.4 Å². The van der Waals surface area contributed by atoms with Gasteiger partial charge in [-0.05, 0) is 68.1 Å². The zero-order valence-corrected chi connectivity index (χ0v) is 20.9. The van der Waals surface area contributed by atoms with Crippen molar-refractivity contribution in [2.24, 2.45) is 0 Å². The van der Waals surface area contributed by atoms with E-state index in [-0.39, 0.29) is 18.4 Å². The summed E-state index contributed by atoms with van der Waals surface area (Å²) in [4.78, 5) is 30.1. The molecular formula is C29H33N3O3. The zero-order valence-electron chi connectivity index (χ0n) is 20.9. The molecule has 1 fully saturated rings. The molecule has 3 amide bonds. The van der Waals surface area contributed by atoms with Crippen LogP contribution in [0.3, 0.4) is 0 Å². The summed E-state index contributed by atoms with van der Waals surface area (Å²) in [5.74, 6) is 0.627. The minimum atomic E-state index is -0.126. The number of rotatable bonds is 7. The van der Waals surface area contributed by atoms with Gasteiger partial charge >= 0.3 is 6.03 Å². The summed E-state index contributed by atoms with van der Waals surface area (Å²) < 4.78 is 5.19. The molecule has 0 aliphatic carbocycles. The number of methoxy groups -OCH3 is 1. The van der Waals surface area contributed by atoms with E-state index in [1.807, 2.05) is 54.3 Å². The Labute approximate surface area is 207 Å². The minimum absolute atomic E-state index is 0.0371. The van der Waals surface area contributed by atoms with Gasteiger partial charge in [0, 0.05) is 19.6 Å². The SMILES string of the molecule is COc1ccc(CC(=O)Nc2cc(C)ccc2N2CCCN(Cc3cc(C)cc(C)c3)C2=O)cc1. The molecule has 0 saturated carbocycles. The number of urea groups is 1. The third-order valence-electron chi connectivity index (χ3n) is 6.21. The van der Waals surface area contributed by atoms with Gasteiger partial charge in [0.2, 0.25) is 5.91 Å². The highest BCUT2D eigenvalue weighted by molar-refractivity contribution is 6.01. The van der Waals surface area contributed by atoms with E-state index in [1.165, 1.54) is 11.1 Å². The van der Waals surface area contributed by atoms with Gasteiger partial charge in [-0.3, -0.25) is 9.69 Å². The van der Waals surface area contributed by atoms with Gasteiger partial charge < -0.3 is 15.0 Å². The van der Waals surface area contributed by atoms with Crippen LogP contribution in [-0.2, 0) is 17.8 Å². The summed E-state index contributed by atoms with van der Waals surface area (Å²) in [5.41, 5.74) is 6.83. The first-order valence-electron chi connectivity index (χ1n) is 12.0. The van der Waals surface area contributed by atoms with Gasteiger partial charge in [0.1, 0.15) is 5.75 Å². The number of carbonyl (C=O) groups excluding carboxylic acids is 2. The molecule has 6 heteroatoms. The van der Waals surface area contributed by atoms with Gasteiger partial charge in [0.25, 0.3) is 0 Å². The van der Waals surface area contributed by atoms with Crippen LogP contribution in [0.2, 0.25) is 0 Å². The summed E-state index contributed by atoms with van der Waals surface area (Å²) in [7, 11) is 1.62. The van der Waals surface area contributed by atoms with Crippen LogP contribution >= 0.6 is 0 Å². The van der Waals surface area contributed by atoms with Crippen molar-refractivity contribution < 1.29 is 14.3 Å². The number of nitrogens with zero attached hydrogens (tertiary/aromatic N) is 2. The Kier molecular flexibility index (Phi) is 7.39. The molecule has 3 aromatic carbocycles. The molecule has 6 nitrogen and oxygen atoms in total. The Balaban J connectivity index is 1.51. The number of anilines is 2. The normalized spacial score (nSPS) is 13.7. The van der Waals surface area contributed by atoms with Crippen LogP contribution in [0.15, 0.2) is 60.7 Å². The van der Waals surface area contributed by atoms with E-state index in [1.54, 1.807) is 12.0 Å². The van der Waals surface area contributed by atoms with Crippen molar-refractivity contribution in [3.05, 3.63) is 88.5 Å². The Bertz CT molecular complexity index is 1200. The third-order valence-corrected chi connectivity index (χ3v) is 6.21. The van der Waals surface area contributed by atoms with Crippen LogP contribution in [-0.4, -0.2) is 37.0 Å². The molecule has 1 aliphatic rings. The molecule has 0 aromatic heterocycles. The Hall–Kier alpha value is -3.80. The predicted octanol–water partition coefficient (Wildman–Crippen LogP) is 5.63. The molecule has 0 atom stereocenters. The van der Waals surface area contributed by atoms with Crippen molar-refractivity contribution >= 4 is 23.3 Å². The van der Waals surface area contributed by atoms with Crippen molar-refractivity contribution in [1.82, 2.24) is 4.90 Å². The molecule has 1 N–H and O–H groups in total. The smallest absolute Gasteiger partial charge is 0.324 e. The summed E-state index contributed by atoms with van der Waals surface area (Å²) in [6, 6.07) is 19.7. The molecule has 182 valence electrons. The zero-order chi connectivity index (χ0) is 24.9. The number of aryl methyl sites for hydroxylation is 3. The summed E-state index contributed by atoms with van der Waals surface area (Å²) in [6.07, 6.45) is 1.10. The van der Waals surface area contributed by atoms with E-state index in [9.17, 15) is 9.59 Å². The Morgan fingerprint density at radius 1 is 0.886 bits per heavy atom. The lowest BCUT2D eigenvalue weighted by Gasteiger charge is -2.36. The molecular weight excluding hydrogens is 438 g/mol. The molecule has 0 radical (unpaired) electrons. The second-order valence-corrected chi connectivity index (χ2v) is 9.30. The van der Waals surface area contributed by atoms with Crippen LogP contribution < -0.4 is 15.0 Å². The molecule has 0 bridgehead atoms. The first-order valence-corrected chi connectivity index (χ1v) is 12.0. The Morgan fingerprint density at radius 3 is 2.29 bits per heavy atom. The van der Waals surface area contributed by atoms with E-state index < -0.39 is 0 Å². The highest BCUT2D eigenvalue weighted by Gasteiger charge is 2.28. The van der Waals surface area contributed by atoms with Crippen LogP contribution in [0.4, 0.5) is 16.2 Å². The van der Waals surface area contributed by atoms with Gasteiger partial charge in [-0.25, -0.2) is 4.79 Å². The topological polar surface area (TPSA) is 61.9 Å². The average Bonchev–Trinajstić information content (AvgIpc) is 2.81. The van der Waals surface area contributed by atoms with E-state index in [4.69, 9.17) is 4.74 Å². The largest absolute Gasteiger partial charge is 0.497 e. The monoisotopic (exact) mass is 471 g/mol. The second-order valence-electron chi connectivity index (χ2n) is 9.30.